The first kappa shape index (κ1) is 15.7. The fourth-order valence-corrected chi connectivity index (χ4v) is 2.46. The third-order valence-corrected chi connectivity index (χ3v) is 3.50. The first-order chi connectivity index (χ1) is 10.1. The molecule has 1 atom stereocenters. The molecule has 1 aromatic rings. The maximum Gasteiger partial charge on any atom is 0.322 e. The average Bonchev–Trinajstić information content (AvgIpc) is 2.48. The van der Waals surface area contributed by atoms with E-state index in [0.717, 1.165) is 18.7 Å². The van der Waals surface area contributed by atoms with Crippen molar-refractivity contribution in [2.75, 3.05) is 25.1 Å². The molecule has 1 aliphatic rings. The number of carbonyl (C=O) groups excluding carboxylic acids is 1. The van der Waals surface area contributed by atoms with Crippen LogP contribution in [0, 0.1) is 5.92 Å². The van der Waals surface area contributed by atoms with Crippen molar-refractivity contribution in [3.63, 3.8) is 0 Å². The Bertz CT molecular complexity index is 461. The Morgan fingerprint density at radius 1 is 1.48 bits per heavy atom. The standard InChI is InChI=1S/C15H24N4O2/c1-4-14-16-8-12(9-17-14)18-15(20)19-5-6-21-10-13(19)7-11(2)3/h8-9,11,13H,4-7,10H2,1-3H3,(H,18,20). The number of nitrogens with one attached hydrogen (secondary N) is 1. The zero-order valence-corrected chi connectivity index (χ0v) is 13.0. The van der Waals surface area contributed by atoms with Gasteiger partial charge in [-0.3, -0.25) is 0 Å². The third kappa shape index (κ3) is 4.39. The molecule has 1 aromatic heterocycles. The van der Waals surface area contributed by atoms with Crippen LogP contribution in [-0.2, 0) is 11.2 Å². The number of aromatic nitrogens is 2. The molecule has 0 spiro atoms. The highest BCUT2D eigenvalue weighted by Gasteiger charge is 2.27. The summed E-state index contributed by atoms with van der Waals surface area (Å²) < 4.78 is 5.50. The Labute approximate surface area is 125 Å². The number of carbonyl (C=O) groups is 1. The molecule has 0 saturated carbocycles. The smallest absolute Gasteiger partial charge is 0.322 e. The summed E-state index contributed by atoms with van der Waals surface area (Å²) in [6.07, 6.45) is 5.04. The summed E-state index contributed by atoms with van der Waals surface area (Å²) in [5.41, 5.74) is 0.631. The van der Waals surface area contributed by atoms with Crippen LogP contribution in [0.2, 0.25) is 0 Å². The van der Waals surface area contributed by atoms with Crippen LogP contribution in [0.25, 0.3) is 0 Å². The van der Waals surface area contributed by atoms with Gasteiger partial charge in [-0.15, -0.1) is 0 Å². The molecule has 0 radical (unpaired) electrons. The fourth-order valence-electron chi connectivity index (χ4n) is 2.46. The highest BCUT2D eigenvalue weighted by molar-refractivity contribution is 5.89. The predicted octanol–water partition coefficient (Wildman–Crippen LogP) is 2.32. The summed E-state index contributed by atoms with van der Waals surface area (Å²) in [4.78, 5) is 22.7. The zero-order chi connectivity index (χ0) is 15.2. The van der Waals surface area contributed by atoms with Crippen molar-refractivity contribution in [3.8, 4) is 0 Å². The lowest BCUT2D eigenvalue weighted by atomic mass is 10.0. The van der Waals surface area contributed by atoms with Crippen LogP contribution in [0.1, 0.15) is 33.0 Å². The van der Waals surface area contributed by atoms with Gasteiger partial charge in [-0.05, 0) is 12.3 Å². The molecule has 2 heterocycles. The van der Waals surface area contributed by atoms with Gasteiger partial charge in [0.15, 0.2) is 0 Å². The van der Waals surface area contributed by atoms with Crippen LogP contribution in [0.4, 0.5) is 10.5 Å². The number of urea groups is 1. The van der Waals surface area contributed by atoms with Crippen molar-refractivity contribution < 1.29 is 9.53 Å². The van der Waals surface area contributed by atoms with E-state index >= 15 is 0 Å². The zero-order valence-electron chi connectivity index (χ0n) is 13.0. The second kappa shape index (κ2) is 7.36. The normalized spacial score (nSPS) is 18.9. The molecule has 0 aromatic carbocycles. The number of ether oxygens (including phenoxy) is 1. The number of aryl methyl sites for hydroxylation is 1. The third-order valence-electron chi connectivity index (χ3n) is 3.50. The number of hydrogen-bond acceptors (Lipinski definition) is 4. The molecule has 6 nitrogen and oxygen atoms in total. The van der Waals surface area contributed by atoms with Gasteiger partial charge < -0.3 is 15.0 Å². The first-order valence-corrected chi connectivity index (χ1v) is 7.56. The fraction of sp³-hybridized carbons (Fsp3) is 0.667. The largest absolute Gasteiger partial charge is 0.377 e. The van der Waals surface area contributed by atoms with Crippen LogP contribution >= 0.6 is 0 Å². The van der Waals surface area contributed by atoms with E-state index in [1.165, 1.54) is 0 Å². The van der Waals surface area contributed by atoms with E-state index in [0.29, 0.717) is 31.4 Å². The molecule has 21 heavy (non-hydrogen) atoms. The molecule has 116 valence electrons. The lowest BCUT2D eigenvalue weighted by molar-refractivity contribution is 0.00857. The second-order valence-electron chi connectivity index (χ2n) is 5.72. The van der Waals surface area contributed by atoms with Crippen LogP contribution < -0.4 is 5.32 Å². The van der Waals surface area contributed by atoms with Crippen LogP contribution in [0.3, 0.4) is 0 Å². The summed E-state index contributed by atoms with van der Waals surface area (Å²) in [5.74, 6) is 1.30. The van der Waals surface area contributed by atoms with Crippen molar-refractivity contribution >= 4 is 11.7 Å². The Morgan fingerprint density at radius 3 is 2.81 bits per heavy atom. The van der Waals surface area contributed by atoms with Crippen molar-refractivity contribution in [1.82, 2.24) is 14.9 Å². The van der Waals surface area contributed by atoms with Gasteiger partial charge in [0.1, 0.15) is 5.82 Å². The topological polar surface area (TPSA) is 67.4 Å². The molecule has 2 rings (SSSR count). The lowest BCUT2D eigenvalue weighted by Gasteiger charge is -2.36. The summed E-state index contributed by atoms with van der Waals surface area (Å²) >= 11 is 0. The van der Waals surface area contributed by atoms with Gasteiger partial charge in [-0.2, -0.15) is 0 Å². The molecule has 1 fully saturated rings. The van der Waals surface area contributed by atoms with Gasteiger partial charge in [0.05, 0.1) is 37.3 Å². The van der Waals surface area contributed by atoms with Gasteiger partial charge >= 0.3 is 6.03 Å². The number of morpholine rings is 1. The maximum absolute atomic E-state index is 12.4. The number of anilines is 1. The highest BCUT2D eigenvalue weighted by Crippen LogP contribution is 2.17. The molecule has 0 bridgehead atoms. The Hall–Kier alpha value is -1.69. The Morgan fingerprint density at radius 2 is 2.19 bits per heavy atom. The molecule has 6 heteroatoms. The minimum Gasteiger partial charge on any atom is -0.377 e. The lowest BCUT2D eigenvalue weighted by Crippen LogP contribution is -2.50. The first-order valence-electron chi connectivity index (χ1n) is 7.56. The minimum atomic E-state index is -0.100. The van der Waals surface area contributed by atoms with E-state index in [1.54, 1.807) is 12.4 Å². The summed E-state index contributed by atoms with van der Waals surface area (Å²) in [6.45, 7) is 8.13. The molecule has 1 saturated heterocycles. The number of nitrogens with zero attached hydrogens (tertiary/aromatic N) is 3. The molecular formula is C15H24N4O2. The van der Waals surface area contributed by atoms with Gasteiger partial charge in [0.25, 0.3) is 0 Å². The number of hydrogen-bond donors (Lipinski definition) is 1. The van der Waals surface area contributed by atoms with Gasteiger partial charge in [0.2, 0.25) is 0 Å². The number of amides is 2. The molecule has 1 N–H and O–H groups in total. The molecule has 1 unspecified atom stereocenters. The highest BCUT2D eigenvalue weighted by atomic mass is 16.5. The summed E-state index contributed by atoms with van der Waals surface area (Å²) in [5, 5.41) is 2.87. The van der Waals surface area contributed by atoms with Gasteiger partial charge in [-0.25, -0.2) is 14.8 Å². The van der Waals surface area contributed by atoms with E-state index in [9.17, 15) is 4.79 Å². The molecule has 2 amide bonds. The number of rotatable bonds is 4. The quantitative estimate of drug-likeness (QED) is 0.924. The Balaban J connectivity index is 1.99. The Kier molecular flexibility index (Phi) is 5.50. The van der Waals surface area contributed by atoms with Gasteiger partial charge in [0, 0.05) is 13.0 Å². The molecular weight excluding hydrogens is 268 g/mol. The van der Waals surface area contributed by atoms with E-state index in [1.807, 2.05) is 11.8 Å². The molecule has 1 aliphatic heterocycles. The van der Waals surface area contributed by atoms with Crippen molar-refractivity contribution in [3.05, 3.63) is 18.2 Å². The monoisotopic (exact) mass is 292 g/mol. The summed E-state index contributed by atoms with van der Waals surface area (Å²) in [6, 6.07) is 0.0337. The van der Waals surface area contributed by atoms with E-state index < -0.39 is 0 Å². The van der Waals surface area contributed by atoms with Crippen LogP contribution in [0.15, 0.2) is 12.4 Å². The van der Waals surface area contributed by atoms with Gasteiger partial charge in [-0.1, -0.05) is 20.8 Å². The van der Waals surface area contributed by atoms with Crippen LogP contribution in [0.5, 0.6) is 0 Å². The SMILES string of the molecule is CCc1ncc(NC(=O)N2CCOCC2CC(C)C)cn1. The second-order valence-corrected chi connectivity index (χ2v) is 5.72. The maximum atomic E-state index is 12.4. The van der Waals surface area contributed by atoms with E-state index in [2.05, 4.69) is 29.1 Å². The van der Waals surface area contributed by atoms with Crippen molar-refractivity contribution in [2.45, 2.75) is 39.7 Å². The van der Waals surface area contributed by atoms with E-state index in [-0.39, 0.29) is 12.1 Å². The van der Waals surface area contributed by atoms with Crippen molar-refractivity contribution in [1.29, 1.82) is 0 Å². The average molecular weight is 292 g/mol. The van der Waals surface area contributed by atoms with Crippen LogP contribution in [-0.4, -0.2) is 46.7 Å². The van der Waals surface area contributed by atoms with Crippen molar-refractivity contribution in [2.24, 2.45) is 5.92 Å². The minimum absolute atomic E-state index is 0.100. The predicted molar refractivity (Wildman–Crippen MR) is 81.2 cm³/mol. The molecule has 0 aliphatic carbocycles. The summed E-state index contributed by atoms with van der Waals surface area (Å²) in [7, 11) is 0. The van der Waals surface area contributed by atoms with E-state index in [4.69, 9.17) is 4.74 Å².